The van der Waals surface area contributed by atoms with Crippen LogP contribution in [0.4, 0.5) is 0 Å². The number of carboxylic acids is 1. The van der Waals surface area contributed by atoms with Gasteiger partial charge < -0.3 is 19.7 Å². The molecule has 0 amide bonds. The summed E-state index contributed by atoms with van der Waals surface area (Å²) in [4.78, 5) is 11.7. The monoisotopic (exact) mass is 520 g/mol. The fourth-order valence-electron chi connectivity index (χ4n) is 8.23. The van der Waals surface area contributed by atoms with Crippen LogP contribution >= 0.6 is 15.9 Å². The molecule has 0 aromatic heterocycles. The fraction of sp³-hybridized carbons (Fsp3) is 0.741. The van der Waals surface area contributed by atoms with Gasteiger partial charge in [0.25, 0.3) is 0 Å². The van der Waals surface area contributed by atoms with Crippen molar-refractivity contribution in [3.05, 3.63) is 36.0 Å². The number of hydrogen-bond donors (Lipinski definition) is 2. The summed E-state index contributed by atoms with van der Waals surface area (Å²) >= 11 is 3.34. The molecule has 0 aromatic rings. The highest BCUT2D eigenvalue weighted by Crippen LogP contribution is 2.67. The first-order chi connectivity index (χ1) is 15.4. The van der Waals surface area contributed by atoms with E-state index in [-0.39, 0.29) is 11.8 Å². The molecule has 1 heterocycles. The second-order valence-corrected chi connectivity index (χ2v) is 13.4. The van der Waals surface area contributed by atoms with Gasteiger partial charge in [0.2, 0.25) is 0 Å². The summed E-state index contributed by atoms with van der Waals surface area (Å²) < 4.78 is 10.9. The number of fused-ring (bicyclic) bond motifs is 5. The zero-order chi connectivity index (χ0) is 23.8. The number of aliphatic hydroxyl groups is 1. The normalized spacial score (nSPS) is 43.3. The molecule has 1 saturated heterocycles. The number of carbonyl (C=O) groups is 1. The van der Waals surface area contributed by atoms with Crippen molar-refractivity contribution in [1.82, 2.24) is 0 Å². The summed E-state index contributed by atoms with van der Waals surface area (Å²) in [6.07, 6.45) is 8.86. The number of ether oxygens (including phenoxy) is 2. The summed E-state index contributed by atoms with van der Waals surface area (Å²) in [5, 5.41) is 21.6. The average Bonchev–Trinajstić information content (AvgIpc) is 3.30. The Bertz CT molecular complexity index is 915. The Morgan fingerprint density at radius 2 is 1.97 bits per heavy atom. The van der Waals surface area contributed by atoms with Crippen LogP contribution in [0.1, 0.15) is 65.2 Å². The summed E-state index contributed by atoms with van der Waals surface area (Å²) in [6, 6.07) is 0. The molecule has 5 rings (SSSR count). The van der Waals surface area contributed by atoms with Crippen molar-refractivity contribution in [3.63, 3.8) is 0 Å². The van der Waals surface area contributed by atoms with Crippen molar-refractivity contribution in [2.24, 2.45) is 29.1 Å². The van der Waals surface area contributed by atoms with Gasteiger partial charge >= 0.3 is 5.97 Å². The summed E-state index contributed by atoms with van der Waals surface area (Å²) in [6.45, 7) is 14.0. The van der Waals surface area contributed by atoms with Crippen molar-refractivity contribution in [1.29, 1.82) is 0 Å². The molecule has 0 bridgehead atoms. The lowest BCUT2D eigenvalue weighted by atomic mass is 9.49. The number of alkyl halides is 1. The van der Waals surface area contributed by atoms with Gasteiger partial charge in [0.15, 0.2) is 5.79 Å². The van der Waals surface area contributed by atoms with Crippen molar-refractivity contribution < 1.29 is 24.5 Å². The Balaban J connectivity index is 1.41. The first-order valence-corrected chi connectivity index (χ1v) is 13.2. The maximum absolute atomic E-state index is 12.0. The molecule has 1 spiro atoms. The van der Waals surface area contributed by atoms with Gasteiger partial charge in [-0.3, -0.25) is 4.79 Å². The van der Waals surface area contributed by atoms with Gasteiger partial charge in [-0.05, 0) is 74.7 Å². The van der Waals surface area contributed by atoms with Gasteiger partial charge in [-0.1, -0.05) is 53.2 Å². The van der Waals surface area contributed by atoms with Crippen LogP contribution in [0.15, 0.2) is 36.0 Å². The lowest BCUT2D eigenvalue weighted by Gasteiger charge is -2.57. The standard InChI is InChI=1S/C27H37BrO5/c1-16-13-24(3)21(8-10-27(24,31)17(2)14-25(4,28)23(29)30)20-6-5-18-15-26(32-11-12-33-26)9-7-19(18)22(16)20/h5,19-22,31H,1-2,6-15H2,3-4H3,(H,29,30)/t19-,20-,21-,22+,24-,25-,27+/m0/s1. The zero-order valence-corrected chi connectivity index (χ0v) is 21.5. The Hall–Kier alpha value is -0.950. The van der Waals surface area contributed by atoms with Gasteiger partial charge in [-0.2, -0.15) is 0 Å². The molecule has 0 aromatic carbocycles. The van der Waals surface area contributed by atoms with Crippen molar-refractivity contribution >= 4 is 21.9 Å². The molecule has 3 saturated carbocycles. The van der Waals surface area contributed by atoms with Crippen LogP contribution in [0.5, 0.6) is 0 Å². The van der Waals surface area contributed by atoms with E-state index in [1.54, 1.807) is 6.92 Å². The molecule has 5 aliphatic rings. The van der Waals surface area contributed by atoms with Crippen molar-refractivity contribution in [2.45, 2.75) is 80.9 Å². The summed E-state index contributed by atoms with van der Waals surface area (Å²) in [5.74, 6) is 0.425. The van der Waals surface area contributed by atoms with Gasteiger partial charge in [0.05, 0.1) is 18.8 Å². The number of allylic oxidation sites excluding steroid dienone is 2. The highest BCUT2D eigenvalue weighted by molar-refractivity contribution is 9.10. The van der Waals surface area contributed by atoms with Crippen LogP contribution in [-0.2, 0) is 14.3 Å². The quantitative estimate of drug-likeness (QED) is 0.384. The van der Waals surface area contributed by atoms with E-state index in [9.17, 15) is 15.0 Å². The lowest BCUT2D eigenvalue weighted by molar-refractivity contribution is -0.175. The van der Waals surface area contributed by atoms with E-state index in [1.165, 1.54) is 11.1 Å². The second-order valence-electron chi connectivity index (χ2n) is 11.7. The molecule has 1 aliphatic heterocycles. The van der Waals surface area contributed by atoms with Gasteiger partial charge in [0.1, 0.15) is 4.32 Å². The van der Waals surface area contributed by atoms with E-state index >= 15 is 0 Å². The largest absolute Gasteiger partial charge is 0.480 e. The number of rotatable bonds is 4. The molecule has 33 heavy (non-hydrogen) atoms. The van der Waals surface area contributed by atoms with Crippen LogP contribution in [-0.4, -0.2) is 45.1 Å². The summed E-state index contributed by atoms with van der Waals surface area (Å²) in [7, 11) is 0. The maximum Gasteiger partial charge on any atom is 0.320 e. The molecule has 6 heteroatoms. The van der Waals surface area contributed by atoms with Gasteiger partial charge in [-0.25, -0.2) is 0 Å². The van der Waals surface area contributed by atoms with Crippen molar-refractivity contribution in [3.8, 4) is 0 Å². The number of carboxylic acid groups (broad SMARTS) is 1. The Labute approximate surface area is 205 Å². The molecule has 4 fully saturated rings. The molecular formula is C27H37BrO5. The van der Waals surface area contributed by atoms with Crippen LogP contribution in [0, 0.1) is 29.1 Å². The third kappa shape index (κ3) is 3.46. The van der Waals surface area contributed by atoms with E-state index in [2.05, 4.69) is 42.1 Å². The topological polar surface area (TPSA) is 76.0 Å². The third-order valence-corrected chi connectivity index (χ3v) is 10.5. The number of hydrogen-bond acceptors (Lipinski definition) is 4. The van der Waals surface area contributed by atoms with Crippen LogP contribution < -0.4 is 0 Å². The molecule has 7 atom stereocenters. The van der Waals surface area contributed by atoms with E-state index < -0.39 is 21.7 Å². The lowest BCUT2D eigenvalue weighted by Crippen LogP contribution is -2.54. The van der Waals surface area contributed by atoms with Crippen LogP contribution in [0.25, 0.3) is 0 Å². The highest BCUT2D eigenvalue weighted by atomic mass is 79.9. The van der Waals surface area contributed by atoms with E-state index in [4.69, 9.17) is 9.47 Å². The summed E-state index contributed by atoms with van der Waals surface area (Å²) in [5.41, 5.74) is 1.89. The Morgan fingerprint density at radius 3 is 2.64 bits per heavy atom. The average molecular weight is 521 g/mol. The van der Waals surface area contributed by atoms with Crippen LogP contribution in [0.2, 0.25) is 0 Å². The van der Waals surface area contributed by atoms with E-state index in [1.807, 2.05) is 0 Å². The molecular weight excluding hydrogens is 484 g/mol. The predicted octanol–water partition coefficient (Wildman–Crippen LogP) is 5.38. The molecule has 0 unspecified atom stereocenters. The fourth-order valence-corrected chi connectivity index (χ4v) is 8.57. The van der Waals surface area contributed by atoms with Crippen molar-refractivity contribution in [2.75, 3.05) is 13.2 Å². The second kappa shape index (κ2) is 7.78. The first-order valence-electron chi connectivity index (χ1n) is 12.4. The Morgan fingerprint density at radius 1 is 1.27 bits per heavy atom. The first kappa shape index (κ1) is 23.8. The van der Waals surface area contributed by atoms with E-state index in [0.29, 0.717) is 48.9 Å². The predicted molar refractivity (Wildman–Crippen MR) is 130 cm³/mol. The number of aliphatic carboxylic acids is 1. The minimum atomic E-state index is -1.13. The van der Waals surface area contributed by atoms with Gasteiger partial charge in [0, 0.05) is 18.3 Å². The number of halogens is 1. The molecule has 0 radical (unpaired) electrons. The molecule has 5 nitrogen and oxygen atoms in total. The van der Waals surface area contributed by atoms with E-state index in [0.717, 1.165) is 38.5 Å². The maximum atomic E-state index is 12.0. The minimum Gasteiger partial charge on any atom is -0.480 e. The zero-order valence-electron chi connectivity index (χ0n) is 19.9. The smallest absolute Gasteiger partial charge is 0.320 e. The SMILES string of the molecule is C=C1C[C@@]2(C)[C@@H](CC[C@@]2(O)C(=C)C[C@](C)(Br)C(=O)O)[C@@H]2CC=C3CC4(CC[C@@H]3[C@@H]12)OCCO4. The Kier molecular flexibility index (Phi) is 5.60. The highest BCUT2D eigenvalue weighted by Gasteiger charge is 2.64. The van der Waals surface area contributed by atoms with Crippen LogP contribution in [0.3, 0.4) is 0 Å². The molecule has 182 valence electrons. The molecule has 4 aliphatic carbocycles. The minimum absolute atomic E-state index is 0.205. The van der Waals surface area contributed by atoms with Gasteiger partial charge in [-0.15, -0.1) is 0 Å². The third-order valence-electron chi connectivity index (χ3n) is 9.89. The molecule has 2 N–H and O–H groups in total.